The molecule has 0 aliphatic heterocycles. The number of hydrogen-bond donors (Lipinski definition) is 0. The van der Waals surface area contributed by atoms with Crippen molar-refractivity contribution in [2.24, 2.45) is 0 Å². The minimum Gasteiger partial charge on any atom is -0.279 e. The second-order valence-electron chi connectivity index (χ2n) is 9.39. The summed E-state index contributed by atoms with van der Waals surface area (Å²) in [6, 6.07) is 15.9. The number of pyridine rings is 1. The summed E-state index contributed by atoms with van der Waals surface area (Å²) in [7, 11) is -3.65. The molecular weight excluding hydrogens is 584 g/mol. The van der Waals surface area contributed by atoms with E-state index >= 15 is 0 Å². The van der Waals surface area contributed by atoms with Gasteiger partial charge in [0.1, 0.15) is 0 Å². The summed E-state index contributed by atoms with van der Waals surface area (Å²) in [4.78, 5) is 24.5. The molecule has 0 saturated heterocycles. The number of rotatable bonds is 8. The Hall–Kier alpha value is -2.66. The summed E-state index contributed by atoms with van der Waals surface area (Å²) in [5, 5.41) is 0.568. The summed E-state index contributed by atoms with van der Waals surface area (Å²) < 4.78 is 30.5. The van der Waals surface area contributed by atoms with Crippen molar-refractivity contribution in [3.63, 3.8) is 0 Å². The molecule has 4 aromatic rings. The molecule has 1 amide bonds. The Labute approximate surface area is 235 Å². The van der Waals surface area contributed by atoms with Crippen molar-refractivity contribution in [3.05, 3.63) is 82.6 Å². The van der Waals surface area contributed by atoms with Crippen LogP contribution in [0, 0.1) is 0 Å². The summed E-state index contributed by atoms with van der Waals surface area (Å²) >= 11 is 4.93. The molecule has 7 nitrogen and oxygen atoms in total. The van der Waals surface area contributed by atoms with Crippen molar-refractivity contribution in [2.45, 2.75) is 56.5 Å². The Morgan fingerprint density at radius 2 is 1.84 bits per heavy atom. The van der Waals surface area contributed by atoms with Crippen molar-refractivity contribution in [1.29, 1.82) is 0 Å². The Morgan fingerprint density at radius 1 is 1.08 bits per heavy atom. The van der Waals surface area contributed by atoms with Gasteiger partial charge in [0.05, 0.1) is 21.7 Å². The number of hydrogen-bond acceptors (Lipinski definition) is 6. The lowest BCUT2D eigenvalue weighted by atomic mass is 9.95. The number of halogens is 1. The average molecular weight is 614 g/mol. The van der Waals surface area contributed by atoms with Gasteiger partial charge in [0, 0.05) is 35.0 Å². The summed E-state index contributed by atoms with van der Waals surface area (Å²) in [5.74, 6) is -0.254. The number of carbonyl (C=O) groups is 1. The fourth-order valence-corrected chi connectivity index (χ4v) is 8.17. The molecule has 5 rings (SSSR count). The third kappa shape index (κ3) is 5.68. The number of carbonyl (C=O) groups excluding carboxylic acids is 1. The van der Waals surface area contributed by atoms with Gasteiger partial charge in [-0.05, 0) is 66.9 Å². The largest absolute Gasteiger partial charge is 0.279 e. The molecule has 0 spiro atoms. The minimum absolute atomic E-state index is 0.0362. The minimum atomic E-state index is -3.65. The molecule has 0 radical (unpaired) electrons. The fourth-order valence-electron chi connectivity index (χ4n) is 4.96. The van der Waals surface area contributed by atoms with Gasteiger partial charge in [-0.1, -0.05) is 59.5 Å². The maximum absolute atomic E-state index is 13.8. The summed E-state index contributed by atoms with van der Waals surface area (Å²) in [6.07, 6.45) is 8.48. The highest BCUT2D eigenvalue weighted by atomic mass is 79.9. The highest BCUT2D eigenvalue weighted by Gasteiger charge is 2.31. The van der Waals surface area contributed by atoms with Crippen LogP contribution in [0.5, 0.6) is 0 Å². The smallest absolute Gasteiger partial charge is 0.260 e. The predicted molar refractivity (Wildman–Crippen MR) is 155 cm³/mol. The van der Waals surface area contributed by atoms with Crippen molar-refractivity contribution >= 4 is 58.5 Å². The van der Waals surface area contributed by atoms with Crippen LogP contribution < -0.4 is 4.90 Å². The highest BCUT2D eigenvalue weighted by molar-refractivity contribution is 9.10. The predicted octanol–water partition coefficient (Wildman–Crippen LogP) is 6.64. The maximum atomic E-state index is 13.8. The van der Waals surface area contributed by atoms with Crippen LogP contribution >= 0.6 is 27.3 Å². The van der Waals surface area contributed by atoms with Crippen LogP contribution in [0.2, 0.25) is 0 Å². The number of thiazole rings is 1. The van der Waals surface area contributed by atoms with Crippen LogP contribution in [0.15, 0.2) is 76.4 Å². The van der Waals surface area contributed by atoms with Crippen LogP contribution in [0.1, 0.15) is 54.9 Å². The molecule has 0 N–H and O–H groups in total. The van der Waals surface area contributed by atoms with E-state index < -0.39 is 10.0 Å². The molecule has 0 bridgehead atoms. The van der Waals surface area contributed by atoms with Gasteiger partial charge in [0.25, 0.3) is 5.91 Å². The molecule has 10 heteroatoms. The van der Waals surface area contributed by atoms with Crippen LogP contribution in [-0.2, 0) is 16.6 Å². The van der Waals surface area contributed by atoms with Crippen molar-refractivity contribution < 1.29 is 13.2 Å². The summed E-state index contributed by atoms with van der Waals surface area (Å²) in [6.45, 7) is 2.61. The van der Waals surface area contributed by atoms with Gasteiger partial charge >= 0.3 is 0 Å². The number of benzene rings is 2. The van der Waals surface area contributed by atoms with E-state index in [1.165, 1.54) is 11.3 Å². The second kappa shape index (κ2) is 11.6. The molecule has 1 aliphatic carbocycles. The van der Waals surface area contributed by atoms with E-state index in [1.54, 1.807) is 45.9 Å². The Balaban J connectivity index is 1.45. The molecule has 2 aromatic carbocycles. The standard InChI is InChI=1S/C28H29BrN4O3S2/c1-2-33(23-8-4-3-5-9-23)38(35,36)24-13-10-21(11-14-24)27(34)32(19-20-7-6-16-30-18-20)28-31-25-15-12-22(29)17-26(25)37-28/h6-7,10-18,23H,2-5,8-9,19H2,1H3. The quantitative estimate of drug-likeness (QED) is 0.222. The van der Waals surface area contributed by atoms with Gasteiger partial charge in [0.15, 0.2) is 5.13 Å². The molecule has 38 heavy (non-hydrogen) atoms. The molecule has 0 atom stereocenters. The zero-order valence-corrected chi connectivity index (χ0v) is 24.3. The summed E-state index contributed by atoms with van der Waals surface area (Å²) in [5.41, 5.74) is 2.07. The van der Waals surface area contributed by atoms with E-state index in [9.17, 15) is 13.2 Å². The molecule has 2 aromatic heterocycles. The zero-order valence-electron chi connectivity index (χ0n) is 21.1. The van der Waals surface area contributed by atoms with E-state index in [2.05, 4.69) is 20.9 Å². The van der Waals surface area contributed by atoms with Gasteiger partial charge in [-0.2, -0.15) is 4.31 Å². The molecule has 2 heterocycles. The molecule has 1 fully saturated rings. The van der Waals surface area contributed by atoms with Crippen molar-refractivity contribution in [1.82, 2.24) is 14.3 Å². The first-order valence-corrected chi connectivity index (χ1v) is 15.8. The van der Waals surface area contributed by atoms with E-state index in [-0.39, 0.29) is 16.8 Å². The van der Waals surface area contributed by atoms with E-state index in [0.29, 0.717) is 23.8 Å². The van der Waals surface area contributed by atoms with Gasteiger partial charge in [-0.15, -0.1) is 0 Å². The molecular formula is C28H29BrN4O3S2. The normalized spacial score (nSPS) is 14.7. The van der Waals surface area contributed by atoms with Crippen LogP contribution in [0.4, 0.5) is 5.13 Å². The topological polar surface area (TPSA) is 83.5 Å². The molecule has 1 saturated carbocycles. The van der Waals surface area contributed by atoms with Crippen LogP contribution in [0.25, 0.3) is 10.2 Å². The first-order chi connectivity index (χ1) is 18.4. The average Bonchev–Trinajstić information content (AvgIpc) is 3.36. The molecule has 0 unspecified atom stereocenters. The van der Waals surface area contributed by atoms with Gasteiger partial charge < -0.3 is 0 Å². The second-order valence-corrected chi connectivity index (χ2v) is 13.2. The van der Waals surface area contributed by atoms with Crippen molar-refractivity contribution in [2.75, 3.05) is 11.4 Å². The lowest BCUT2D eigenvalue weighted by Gasteiger charge is -2.32. The first kappa shape index (κ1) is 26.9. The number of sulfonamides is 1. The number of aromatic nitrogens is 2. The highest BCUT2D eigenvalue weighted by Crippen LogP contribution is 2.33. The first-order valence-electron chi connectivity index (χ1n) is 12.8. The monoisotopic (exact) mass is 612 g/mol. The number of anilines is 1. The zero-order chi connectivity index (χ0) is 26.7. The Kier molecular flexibility index (Phi) is 8.23. The number of amides is 1. The lowest BCUT2D eigenvalue weighted by molar-refractivity contribution is 0.0985. The van der Waals surface area contributed by atoms with Crippen LogP contribution in [-0.4, -0.2) is 41.2 Å². The SMILES string of the molecule is CCN(C1CCCCC1)S(=O)(=O)c1ccc(C(=O)N(Cc2cccnc2)c2nc3ccc(Br)cc3s2)cc1. The van der Waals surface area contributed by atoms with Crippen LogP contribution in [0.3, 0.4) is 0 Å². The number of fused-ring (bicyclic) bond motifs is 1. The fraction of sp³-hybridized carbons (Fsp3) is 0.321. The molecule has 198 valence electrons. The van der Waals surface area contributed by atoms with E-state index in [0.717, 1.165) is 52.4 Å². The maximum Gasteiger partial charge on any atom is 0.260 e. The van der Waals surface area contributed by atoms with E-state index in [4.69, 9.17) is 4.98 Å². The third-order valence-corrected chi connectivity index (χ3v) is 10.5. The third-order valence-electron chi connectivity index (χ3n) is 6.88. The van der Waals surface area contributed by atoms with Gasteiger partial charge in [-0.25, -0.2) is 13.4 Å². The Bertz CT molecular complexity index is 1520. The number of nitrogens with zero attached hydrogens (tertiary/aromatic N) is 4. The Morgan fingerprint density at radius 3 is 2.53 bits per heavy atom. The van der Waals surface area contributed by atoms with Crippen molar-refractivity contribution in [3.8, 4) is 0 Å². The molecule has 1 aliphatic rings. The van der Waals surface area contributed by atoms with Gasteiger partial charge in [0.2, 0.25) is 10.0 Å². The van der Waals surface area contributed by atoms with Gasteiger partial charge in [-0.3, -0.25) is 14.7 Å². The van der Waals surface area contributed by atoms with E-state index in [1.807, 2.05) is 37.3 Å². The lowest BCUT2D eigenvalue weighted by Crippen LogP contribution is -2.41.